The predicted molar refractivity (Wildman–Crippen MR) is 82.2 cm³/mol. The molecule has 0 aliphatic carbocycles. The molecule has 3 saturated heterocycles. The molecule has 21 heavy (non-hydrogen) atoms. The first-order chi connectivity index (χ1) is 10.3. The summed E-state index contributed by atoms with van der Waals surface area (Å²) in [6.45, 7) is 5.18. The van der Waals surface area contributed by atoms with Crippen LogP contribution in [0.4, 0.5) is 0 Å². The van der Waals surface area contributed by atoms with E-state index in [1.165, 1.54) is 32.4 Å². The number of ether oxygens (including phenoxy) is 1. The van der Waals surface area contributed by atoms with Crippen LogP contribution in [0.3, 0.4) is 0 Å². The second kappa shape index (κ2) is 7.07. The van der Waals surface area contributed by atoms with Crippen molar-refractivity contribution < 1.29 is 9.53 Å². The molecule has 3 heterocycles. The summed E-state index contributed by atoms with van der Waals surface area (Å²) in [5, 5.41) is 3.30. The Morgan fingerprint density at radius 3 is 2.43 bits per heavy atom. The van der Waals surface area contributed by atoms with Gasteiger partial charge in [-0.1, -0.05) is 6.42 Å². The summed E-state index contributed by atoms with van der Waals surface area (Å²) < 4.78 is 5.34. The third-order valence-electron chi connectivity index (χ3n) is 5.41. The zero-order chi connectivity index (χ0) is 14.7. The number of rotatable bonds is 3. The van der Waals surface area contributed by atoms with E-state index in [-0.39, 0.29) is 18.1 Å². The standard InChI is InChI=1S/C16H29N3O2/c1-21-14-11-15(17-12-14)16(20)19-9-5-13(6-10-19)18-7-3-2-4-8-18/h13-15,17H,2-12H2,1H3. The Balaban J connectivity index is 1.45. The largest absolute Gasteiger partial charge is 0.380 e. The molecule has 0 aromatic carbocycles. The highest BCUT2D eigenvalue weighted by molar-refractivity contribution is 5.82. The van der Waals surface area contributed by atoms with Crippen LogP contribution in [0.1, 0.15) is 38.5 Å². The van der Waals surface area contributed by atoms with Crippen molar-refractivity contribution in [2.24, 2.45) is 0 Å². The van der Waals surface area contributed by atoms with Crippen molar-refractivity contribution in [1.29, 1.82) is 0 Å². The quantitative estimate of drug-likeness (QED) is 0.838. The fourth-order valence-electron chi connectivity index (χ4n) is 4.03. The molecule has 2 atom stereocenters. The van der Waals surface area contributed by atoms with Crippen LogP contribution in [0.2, 0.25) is 0 Å². The summed E-state index contributed by atoms with van der Waals surface area (Å²) in [5.41, 5.74) is 0. The molecule has 3 fully saturated rings. The second-order valence-corrected chi connectivity index (χ2v) is 6.71. The highest BCUT2D eigenvalue weighted by atomic mass is 16.5. The summed E-state index contributed by atoms with van der Waals surface area (Å²) >= 11 is 0. The average molecular weight is 295 g/mol. The Bertz CT molecular complexity index is 349. The van der Waals surface area contributed by atoms with Gasteiger partial charge < -0.3 is 19.9 Å². The van der Waals surface area contributed by atoms with Crippen LogP contribution in [0, 0.1) is 0 Å². The highest BCUT2D eigenvalue weighted by Gasteiger charge is 2.34. The van der Waals surface area contributed by atoms with Gasteiger partial charge in [0.25, 0.3) is 0 Å². The van der Waals surface area contributed by atoms with Gasteiger partial charge in [0, 0.05) is 32.8 Å². The van der Waals surface area contributed by atoms with Crippen molar-refractivity contribution in [3.63, 3.8) is 0 Å². The Morgan fingerprint density at radius 1 is 1.10 bits per heavy atom. The number of piperidine rings is 2. The molecule has 1 amide bonds. The van der Waals surface area contributed by atoms with Gasteiger partial charge in [-0.15, -0.1) is 0 Å². The van der Waals surface area contributed by atoms with Crippen molar-refractivity contribution in [2.75, 3.05) is 39.8 Å². The number of carbonyl (C=O) groups is 1. The minimum absolute atomic E-state index is 0.0264. The van der Waals surface area contributed by atoms with E-state index < -0.39 is 0 Å². The van der Waals surface area contributed by atoms with Gasteiger partial charge in [-0.25, -0.2) is 0 Å². The zero-order valence-electron chi connectivity index (χ0n) is 13.2. The topological polar surface area (TPSA) is 44.8 Å². The van der Waals surface area contributed by atoms with Crippen molar-refractivity contribution in [3.05, 3.63) is 0 Å². The molecule has 120 valence electrons. The lowest BCUT2D eigenvalue weighted by Gasteiger charge is -2.40. The van der Waals surface area contributed by atoms with E-state index in [0.29, 0.717) is 6.04 Å². The van der Waals surface area contributed by atoms with Gasteiger partial charge in [0.1, 0.15) is 0 Å². The lowest BCUT2D eigenvalue weighted by molar-refractivity contribution is -0.134. The zero-order valence-corrected chi connectivity index (χ0v) is 13.2. The van der Waals surface area contributed by atoms with E-state index in [0.717, 1.165) is 38.9 Å². The number of nitrogens with one attached hydrogen (secondary N) is 1. The van der Waals surface area contributed by atoms with E-state index in [4.69, 9.17) is 4.74 Å². The monoisotopic (exact) mass is 295 g/mol. The average Bonchev–Trinajstić information content (AvgIpc) is 3.04. The normalized spacial score (nSPS) is 32.5. The molecule has 0 spiro atoms. The number of methoxy groups -OCH3 is 1. The molecule has 0 radical (unpaired) electrons. The fourth-order valence-corrected chi connectivity index (χ4v) is 4.03. The van der Waals surface area contributed by atoms with Crippen LogP contribution in [0.25, 0.3) is 0 Å². The maximum Gasteiger partial charge on any atom is 0.239 e. The molecule has 1 N–H and O–H groups in total. The van der Waals surface area contributed by atoms with Crippen LogP contribution in [0.15, 0.2) is 0 Å². The molecule has 0 bridgehead atoms. The third kappa shape index (κ3) is 3.58. The number of carbonyl (C=O) groups excluding carboxylic acids is 1. The molecule has 3 aliphatic rings. The number of nitrogens with zero attached hydrogens (tertiary/aromatic N) is 2. The van der Waals surface area contributed by atoms with Gasteiger partial charge in [0.05, 0.1) is 12.1 Å². The molecule has 2 unspecified atom stereocenters. The molecule has 0 aromatic rings. The van der Waals surface area contributed by atoms with Crippen LogP contribution in [0.5, 0.6) is 0 Å². The highest BCUT2D eigenvalue weighted by Crippen LogP contribution is 2.22. The molecule has 0 aromatic heterocycles. The van der Waals surface area contributed by atoms with E-state index in [1.54, 1.807) is 7.11 Å². The first-order valence-electron chi connectivity index (χ1n) is 8.57. The molecule has 0 saturated carbocycles. The van der Waals surface area contributed by atoms with Gasteiger partial charge in [0.15, 0.2) is 0 Å². The Hall–Kier alpha value is -0.650. The molecule has 3 rings (SSSR count). The van der Waals surface area contributed by atoms with Crippen LogP contribution >= 0.6 is 0 Å². The molecule has 5 heteroatoms. The van der Waals surface area contributed by atoms with Gasteiger partial charge in [-0.2, -0.15) is 0 Å². The van der Waals surface area contributed by atoms with Gasteiger partial charge in [0.2, 0.25) is 5.91 Å². The van der Waals surface area contributed by atoms with E-state index in [1.807, 2.05) is 0 Å². The lowest BCUT2D eigenvalue weighted by Crippen LogP contribution is -2.51. The Morgan fingerprint density at radius 2 is 1.81 bits per heavy atom. The van der Waals surface area contributed by atoms with Gasteiger partial charge in [-0.3, -0.25) is 4.79 Å². The molecular weight excluding hydrogens is 266 g/mol. The number of amides is 1. The first kappa shape index (κ1) is 15.3. The summed E-state index contributed by atoms with van der Waals surface area (Å²) in [6, 6.07) is 0.680. The molecular formula is C16H29N3O2. The molecule has 3 aliphatic heterocycles. The smallest absolute Gasteiger partial charge is 0.239 e. The van der Waals surface area contributed by atoms with E-state index in [9.17, 15) is 4.79 Å². The first-order valence-corrected chi connectivity index (χ1v) is 8.57. The molecule has 5 nitrogen and oxygen atoms in total. The number of hydrogen-bond acceptors (Lipinski definition) is 4. The van der Waals surface area contributed by atoms with Crippen molar-refractivity contribution in [2.45, 2.75) is 56.7 Å². The van der Waals surface area contributed by atoms with Crippen LogP contribution in [-0.4, -0.2) is 73.7 Å². The maximum atomic E-state index is 12.5. The minimum Gasteiger partial charge on any atom is -0.380 e. The van der Waals surface area contributed by atoms with Crippen LogP contribution in [-0.2, 0) is 9.53 Å². The lowest BCUT2D eigenvalue weighted by atomic mass is 9.99. The SMILES string of the molecule is COC1CNC(C(=O)N2CCC(N3CCCCC3)CC2)C1. The van der Waals surface area contributed by atoms with Crippen molar-refractivity contribution >= 4 is 5.91 Å². The van der Waals surface area contributed by atoms with E-state index in [2.05, 4.69) is 15.1 Å². The fraction of sp³-hybridized carbons (Fsp3) is 0.938. The summed E-state index contributed by atoms with van der Waals surface area (Å²) in [7, 11) is 1.73. The summed E-state index contributed by atoms with van der Waals surface area (Å²) in [6.07, 6.45) is 7.40. The summed E-state index contributed by atoms with van der Waals surface area (Å²) in [5.74, 6) is 0.284. The van der Waals surface area contributed by atoms with E-state index >= 15 is 0 Å². The maximum absolute atomic E-state index is 12.5. The second-order valence-electron chi connectivity index (χ2n) is 6.71. The van der Waals surface area contributed by atoms with Crippen molar-refractivity contribution in [3.8, 4) is 0 Å². The van der Waals surface area contributed by atoms with Crippen molar-refractivity contribution in [1.82, 2.24) is 15.1 Å². The number of likely N-dealkylation sites (tertiary alicyclic amines) is 2. The predicted octanol–water partition coefficient (Wildman–Crippen LogP) is 0.840. The number of hydrogen-bond donors (Lipinski definition) is 1. The summed E-state index contributed by atoms with van der Waals surface area (Å²) in [4.78, 5) is 17.3. The third-order valence-corrected chi connectivity index (χ3v) is 5.41. The van der Waals surface area contributed by atoms with Gasteiger partial charge >= 0.3 is 0 Å². The Kier molecular flexibility index (Phi) is 5.14. The minimum atomic E-state index is -0.0264. The van der Waals surface area contributed by atoms with Crippen LogP contribution < -0.4 is 5.32 Å². The van der Waals surface area contributed by atoms with Gasteiger partial charge in [-0.05, 0) is 45.2 Å². The Labute approximate surface area is 128 Å².